The Labute approximate surface area is 146 Å². The largest absolute Gasteiger partial charge is 0.392 e. The van der Waals surface area contributed by atoms with Crippen LogP contribution in [0.2, 0.25) is 0 Å². The molecule has 0 spiro atoms. The van der Waals surface area contributed by atoms with E-state index >= 15 is 0 Å². The normalized spacial score (nSPS) is 17.1. The van der Waals surface area contributed by atoms with Crippen LogP contribution in [0.3, 0.4) is 0 Å². The van der Waals surface area contributed by atoms with Crippen molar-refractivity contribution in [2.45, 2.75) is 13.0 Å². The molecular formula is C18H22N6O. The molecule has 0 amide bonds. The van der Waals surface area contributed by atoms with Crippen LogP contribution in [0.15, 0.2) is 42.5 Å². The molecular weight excluding hydrogens is 316 g/mol. The number of aliphatic hydroxyl groups excluding tert-OH is 1. The maximum Gasteiger partial charge on any atom is 0.185 e. The van der Waals surface area contributed by atoms with E-state index in [1.54, 1.807) is 0 Å². The lowest BCUT2D eigenvalue weighted by Crippen LogP contribution is -2.48. The van der Waals surface area contributed by atoms with Crippen LogP contribution >= 0.6 is 0 Å². The van der Waals surface area contributed by atoms with Crippen LogP contribution in [-0.4, -0.2) is 68.6 Å². The van der Waals surface area contributed by atoms with Crippen molar-refractivity contribution in [1.82, 2.24) is 24.7 Å². The second-order valence-electron chi connectivity index (χ2n) is 6.49. The third-order valence-corrected chi connectivity index (χ3v) is 4.50. The Balaban J connectivity index is 1.57. The highest BCUT2D eigenvalue weighted by Crippen LogP contribution is 2.20. The molecule has 3 aromatic rings. The Hall–Kier alpha value is -2.51. The second-order valence-corrected chi connectivity index (χ2v) is 6.49. The van der Waals surface area contributed by atoms with Gasteiger partial charge in [0.15, 0.2) is 11.5 Å². The van der Waals surface area contributed by atoms with Gasteiger partial charge in [-0.15, -0.1) is 15.3 Å². The molecule has 130 valence electrons. The third kappa shape index (κ3) is 3.33. The zero-order valence-corrected chi connectivity index (χ0v) is 14.3. The van der Waals surface area contributed by atoms with E-state index in [-0.39, 0.29) is 6.10 Å². The van der Waals surface area contributed by atoms with Crippen molar-refractivity contribution in [2.75, 3.05) is 37.6 Å². The van der Waals surface area contributed by atoms with Gasteiger partial charge in [-0.05, 0) is 19.1 Å². The highest BCUT2D eigenvalue weighted by molar-refractivity contribution is 5.59. The molecule has 7 nitrogen and oxygen atoms in total. The summed E-state index contributed by atoms with van der Waals surface area (Å²) in [6.45, 7) is 6.21. The molecule has 1 aliphatic rings. The molecule has 25 heavy (non-hydrogen) atoms. The van der Waals surface area contributed by atoms with E-state index < -0.39 is 0 Å². The van der Waals surface area contributed by atoms with Crippen molar-refractivity contribution in [3.05, 3.63) is 42.5 Å². The number of aromatic nitrogens is 4. The van der Waals surface area contributed by atoms with Crippen LogP contribution in [-0.2, 0) is 0 Å². The predicted molar refractivity (Wildman–Crippen MR) is 96.6 cm³/mol. The lowest BCUT2D eigenvalue weighted by atomic mass is 10.2. The fourth-order valence-corrected chi connectivity index (χ4v) is 3.25. The number of hydrogen-bond acceptors (Lipinski definition) is 6. The molecule has 0 radical (unpaired) electrons. The average molecular weight is 338 g/mol. The summed E-state index contributed by atoms with van der Waals surface area (Å²) >= 11 is 0. The van der Waals surface area contributed by atoms with E-state index in [0.29, 0.717) is 0 Å². The number of fused-ring (bicyclic) bond motifs is 1. The Morgan fingerprint density at radius 1 is 1.00 bits per heavy atom. The number of benzene rings is 1. The molecule has 0 bridgehead atoms. The molecule has 1 aliphatic heterocycles. The molecule has 7 heteroatoms. The quantitative estimate of drug-likeness (QED) is 0.773. The number of anilines is 1. The van der Waals surface area contributed by atoms with Gasteiger partial charge < -0.3 is 10.0 Å². The lowest BCUT2D eigenvalue weighted by molar-refractivity contribution is 0.122. The lowest BCUT2D eigenvalue weighted by Gasteiger charge is -2.35. The molecule has 2 aromatic heterocycles. The van der Waals surface area contributed by atoms with Crippen molar-refractivity contribution in [3.63, 3.8) is 0 Å². The van der Waals surface area contributed by atoms with Crippen LogP contribution in [0.4, 0.5) is 5.82 Å². The van der Waals surface area contributed by atoms with Gasteiger partial charge in [-0.3, -0.25) is 4.90 Å². The fraction of sp³-hybridized carbons (Fsp3) is 0.389. The zero-order valence-electron chi connectivity index (χ0n) is 14.3. The van der Waals surface area contributed by atoms with Gasteiger partial charge >= 0.3 is 0 Å². The topological polar surface area (TPSA) is 69.8 Å². The van der Waals surface area contributed by atoms with Crippen molar-refractivity contribution in [1.29, 1.82) is 0 Å². The van der Waals surface area contributed by atoms with Crippen molar-refractivity contribution >= 4 is 11.5 Å². The summed E-state index contributed by atoms with van der Waals surface area (Å²) < 4.78 is 1.81. The molecule has 4 rings (SSSR count). The van der Waals surface area contributed by atoms with Crippen molar-refractivity contribution in [3.8, 4) is 11.4 Å². The van der Waals surface area contributed by atoms with Gasteiger partial charge in [0.2, 0.25) is 0 Å². The number of β-amino-alcohol motifs (C(OH)–C–C–N with tert-alkyl or cyclic N) is 1. The Kier molecular flexibility index (Phi) is 4.33. The first-order valence-corrected chi connectivity index (χ1v) is 8.64. The van der Waals surface area contributed by atoms with Crippen molar-refractivity contribution in [2.24, 2.45) is 0 Å². The van der Waals surface area contributed by atoms with Crippen LogP contribution in [0.5, 0.6) is 0 Å². The number of rotatable bonds is 4. The molecule has 0 aliphatic carbocycles. The number of piperazine rings is 1. The number of aliphatic hydroxyl groups is 1. The first-order valence-electron chi connectivity index (χ1n) is 8.64. The Morgan fingerprint density at radius 3 is 2.48 bits per heavy atom. The van der Waals surface area contributed by atoms with Gasteiger partial charge in [-0.1, -0.05) is 30.3 Å². The molecule has 0 saturated carbocycles. The summed E-state index contributed by atoms with van der Waals surface area (Å²) in [7, 11) is 0. The summed E-state index contributed by atoms with van der Waals surface area (Å²) in [5, 5.41) is 22.8. The van der Waals surface area contributed by atoms with E-state index in [2.05, 4.69) is 20.0 Å². The Bertz CT molecular complexity index is 839. The monoisotopic (exact) mass is 338 g/mol. The molecule has 1 aromatic carbocycles. The fourth-order valence-electron chi connectivity index (χ4n) is 3.25. The second kappa shape index (κ2) is 6.78. The standard InChI is InChI=1S/C18H22N6O/c1-14(25)13-22-9-11-23(12-10-22)17-8-7-16-19-20-18(24(16)21-17)15-5-3-2-4-6-15/h2-8,14,25H,9-13H2,1H3/t14-/m1/s1. The third-order valence-electron chi connectivity index (χ3n) is 4.50. The summed E-state index contributed by atoms with van der Waals surface area (Å²) in [6.07, 6.45) is -0.286. The smallest absolute Gasteiger partial charge is 0.185 e. The molecule has 3 heterocycles. The minimum atomic E-state index is -0.286. The molecule has 1 fully saturated rings. The first-order chi connectivity index (χ1) is 12.2. The SMILES string of the molecule is C[C@@H](O)CN1CCN(c2ccc3nnc(-c4ccccc4)n3n2)CC1. The minimum absolute atomic E-state index is 0.286. The summed E-state index contributed by atoms with van der Waals surface area (Å²) in [6, 6.07) is 14.0. The van der Waals surface area contributed by atoms with Gasteiger partial charge in [0, 0.05) is 38.3 Å². The maximum absolute atomic E-state index is 9.54. The van der Waals surface area contributed by atoms with Gasteiger partial charge in [0.1, 0.15) is 5.82 Å². The van der Waals surface area contributed by atoms with Crippen LogP contribution < -0.4 is 4.90 Å². The molecule has 1 saturated heterocycles. The predicted octanol–water partition coefficient (Wildman–Crippen LogP) is 1.29. The van der Waals surface area contributed by atoms with E-state index in [1.807, 2.05) is 53.9 Å². The highest BCUT2D eigenvalue weighted by atomic mass is 16.3. The van der Waals surface area contributed by atoms with Gasteiger partial charge in [0.25, 0.3) is 0 Å². The van der Waals surface area contributed by atoms with Gasteiger partial charge in [-0.25, -0.2) is 0 Å². The summed E-state index contributed by atoms with van der Waals surface area (Å²) in [4.78, 5) is 4.56. The first kappa shape index (κ1) is 16.0. The summed E-state index contributed by atoms with van der Waals surface area (Å²) in [5.74, 6) is 1.69. The van der Waals surface area contributed by atoms with Gasteiger partial charge in [0.05, 0.1) is 6.10 Å². The van der Waals surface area contributed by atoms with E-state index in [4.69, 9.17) is 5.10 Å². The molecule has 1 N–H and O–H groups in total. The highest BCUT2D eigenvalue weighted by Gasteiger charge is 2.20. The summed E-state index contributed by atoms with van der Waals surface area (Å²) in [5.41, 5.74) is 1.75. The van der Waals surface area contributed by atoms with Crippen LogP contribution in [0.25, 0.3) is 17.0 Å². The van der Waals surface area contributed by atoms with Crippen molar-refractivity contribution < 1.29 is 5.11 Å². The molecule has 1 atom stereocenters. The van der Waals surface area contributed by atoms with Gasteiger partial charge in [-0.2, -0.15) is 4.52 Å². The van der Waals surface area contributed by atoms with E-state index in [1.165, 1.54) is 0 Å². The van der Waals surface area contributed by atoms with Crippen LogP contribution in [0.1, 0.15) is 6.92 Å². The average Bonchev–Trinajstić information content (AvgIpc) is 3.06. The van der Waals surface area contributed by atoms with Crippen LogP contribution in [0, 0.1) is 0 Å². The maximum atomic E-state index is 9.54. The van der Waals surface area contributed by atoms with E-state index in [9.17, 15) is 5.11 Å². The number of nitrogens with zero attached hydrogens (tertiary/aromatic N) is 6. The number of hydrogen-bond donors (Lipinski definition) is 1. The minimum Gasteiger partial charge on any atom is -0.392 e. The molecule has 0 unspecified atom stereocenters. The van der Waals surface area contributed by atoms with E-state index in [0.717, 1.165) is 55.6 Å². The zero-order chi connectivity index (χ0) is 17.2. The Morgan fingerprint density at radius 2 is 1.76 bits per heavy atom.